The minimum Gasteiger partial charge on any atom is -0.497 e. The van der Waals surface area contributed by atoms with Gasteiger partial charge in [-0.15, -0.1) is 0 Å². The Morgan fingerprint density at radius 1 is 1.24 bits per heavy atom. The van der Waals surface area contributed by atoms with Crippen LogP contribution in [0, 0.1) is 5.82 Å². The van der Waals surface area contributed by atoms with Crippen molar-refractivity contribution in [2.45, 2.75) is 13.1 Å². The number of methoxy groups -OCH3 is 1. The highest BCUT2D eigenvalue weighted by atomic mass is 19.1. The lowest BCUT2D eigenvalue weighted by molar-refractivity contribution is 0.240. The zero-order valence-electron chi connectivity index (χ0n) is 11.6. The molecule has 110 valence electrons. The fraction of sp³-hybridized carbons (Fsp3) is 0.200. The normalized spacial score (nSPS) is 10.0. The van der Waals surface area contributed by atoms with E-state index < -0.39 is 5.82 Å². The van der Waals surface area contributed by atoms with Crippen LogP contribution in [0.15, 0.2) is 42.6 Å². The first kappa shape index (κ1) is 14.8. The molecule has 6 heteroatoms. The monoisotopic (exact) mass is 289 g/mol. The number of benzene rings is 1. The van der Waals surface area contributed by atoms with E-state index in [0.717, 1.165) is 5.69 Å². The molecule has 0 bridgehead atoms. The number of carbonyl (C=O) groups is 1. The van der Waals surface area contributed by atoms with Gasteiger partial charge >= 0.3 is 6.03 Å². The Labute approximate surface area is 122 Å². The number of aromatic nitrogens is 1. The highest BCUT2D eigenvalue weighted by Gasteiger charge is 2.04. The van der Waals surface area contributed by atoms with Crippen LogP contribution in [0.4, 0.5) is 9.18 Å². The molecule has 2 N–H and O–H groups in total. The van der Waals surface area contributed by atoms with Crippen molar-refractivity contribution in [1.29, 1.82) is 0 Å². The lowest BCUT2D eigenvalue weighted by atomic mass is 10.2. The Bertz CT molecular complexity index is 605. The van der Waals surface area contributed by atoms with E-state index in [1.807, 2.05) is 12.1 Å². The molecule has 0 aliphatic heterocycles. The standard InChI is InChI=1S/C15H16FN3O2/c1-21-14-7-11(6-12(16)8-14)9-18-15(20)19-10-13-4-2-3-5-17-13/h2-8H,9-10H2,1H3,(H2,18,19,20). The average molecular weight is 289 g/mol. The van der Waals surface area contributed by atoms with E-state index in [4.69, 9.17) is 4.74 Å². The van der Waals surface area contributed by atoms with Crippen LogP contribution in [0.2, 0.25) is 0 Å². The molecule has 1 heterocycles. The van der Waals surface area contributed by atoms with Crippen molar-refractivity contribution in [1.82, 2.24) is 15.6 Å². The molecule has 5 nitrogen and oxygen atoms in total. The summed E-state index contributed by atoms with van der Waals surface area (Å²) in [6, 6.07) is 9.43. The third-order valence-electron chi connectivity index (χ3n) is 2.78. The van der Waals surface area contributed by atoms with E-state index in [9.17, 15) is 9.18 Å². The lowest BCUT2D eigenvalue weighted by Gasteiger charge is -2.09. The molecule has 0 fully saturated rings. The minimum atomic E-state index is -0.403. The predicted molar refractivity (Wildman–Crippen MR) is 76.3 cm³/mol. The van der Waals surface area contributed by atoms with Crippen molar-refractivity contribution in [3.63, 3.8) is 0 Å². The zero-order chi connectivity index (χ0) is 15.1. The van der Waals surface area contributed by atoms with E-state index in [2.05, 4.69) is 15.6 Å². The SMILES string of the molecule is COc1cc(F)cc(CNC(=O)NCc2ccccn2)c1. The molecule has 2 rings (SSSR count). The molecule has 21 heavy (non-hydrogen) atoms. The van der Waals surface area contributed by atoms with Crippen LogP contribution >= 0.6 is 0 Å². The topological polar surface area (TPSA) is 63.2 Å². The number of halogens is 1. The first-order valence-corrected chi connectivity index (χ1v) is 6.42. The van der Waals surface area contributed by atoms with E-state index in [1.165, 1.54) is 19.2 Å². The van der Waals surface area contributed by atoms with Gasteiger partial charge < -0.3 is 15.4 Å². The number of hydrogen-bond donors (Lipinski definition) is 2. The summed E-state index contributed by atoms with van der Waals surface area (Å²) in [5, 5.41) is 5.32. The van der Waals surface area contributed by atoms with Crippen LogP contribution in [0.25, 0.3) is 0 Å². The number of carbonyl (C=O) groups excluding carboxylic acids is 1. The van der Waals surface area contributed by atoms with Crippen molar-refractivity contribution in [3.05, 3.63) is 59.7 Å². The molecule has 0 aliphatic rings. The predicted octanol–water partition coefficient (Wildman–Crippen LogP) is 2.23. The maximum Gasteiger partial charge on any atom is 0.315 e. The van der Waals surface area contributed by atoms with Gasteiger partial charge in [0.15, 0.2) is 0 Å². The summed E-state index contributed by atoms with van der Waals surface area (Å²) in [5.41, 5.74) is 1.39. The number of nitrogens with one attached hydrogen (secondary N) is 2. The third kappa shape index (κ3) is 4.76. The number of nitrogens with zero attached hydrogens (tertiary/aromatic N) is 1. The van der Waals surface area contributed by atoms with Gasteiger partial charge in [0, 0.05) is 18.8 Å². The molecular weight excluding hydrogens is 273 g/mol. The van der Waals surface area contributed by atoms with Crippen LogP contribution in [0.5, 0.6) is 5.75 Å². The van der Waals surface area contributed by atoms with Crippen LogP contribution in [0.3, 0.4) is 0 Å². The third-order valence-corrected chi connectivity index (χ3v) is 2.78. The van der Waals surface area contributed by atoms with Crippen LogP contribution in [-0.4, -0.2) is 18.1 Å². The second-order valence-corrected chi connectivity index (χ2v) is 4.36. The van der Waals surface area contributed by atoms with E-state index in [0.29, 0.717) is 17.9 Å². The highest BCUT2D eigenvalue weighted by Crippen LogP contribution is 2.15. The van der Waals surface area contributed by atoms with E-state index in [1.54, 1.807) is 18.3 Å². The number of ether oxygens (including phenoxy) is 1. The Balaban J connectivity index is 1.82. The number of amides is 2. The molecular formula is C15H16FN3O2. The molecule has 0 atom stereocenters. The van der Waals surface area contributed by atoms with Crippen LogP contribution < -0.4 is 15.4 Å². The molecule has 2 aromatic rings. The summed E-state index contributed by atoms with van der Waals surface area (Å²) in [6.45, 7) is 0.543. The average Bonchev–Trinajstić information content (AvgIpc) is 2.51. The molecule has 1 aromatic heterocycles. The Morgan fingerprint density at radius 3 is 2.76 bits per heavy atom. The van der Waals surface area contributed by atoms with Gasteiger partial charge in [-0.2, -0.15) is 0 Å². The Hall–Kier alpha value is -2.63. The largest absolute Gasteiger partial charge is 0.497 e. The lowest BCUT2D eigenvalue weighted by Crippen LogP contribution is -2.34. The quantitative estimate of drug-likeness (QED) is 0.887. The molecule has 0 radical (unpaired) electrons. The number of pyridine rings is 1. The Kier molecular flexibility index (Phi) is 5.09. The maximum absolute atomic E-state index is 13.3. The summed E-state index contributed by atoms with van der Waals surface area (Å²) in [4.78, 5) is 15.7. The molecule has 2 amide bonds. The molecule has 0 saturated carbocycles. The highest BCUT2D eigenvalue weighted by molar-refractivity contribution is 5.73. The van der Waals surface area contributed by atoms with Crippen LogP contribution in [-0.2, 0) is 13.1 Å². The Morgan fingerprint density at radius 2 is 2.05 bits per heavy atom. The smallest absolute Gasteiger partial charge is 0.315 e. The summed E-state index contributed by atoms with van der Waals surface area (Å²) in [7, 11) is 1.46. The van der Waals surface area contributed by atoms with Gasteiger partial charge in [0.25, 0.3) is 0 Å². The molecule has 0 unspecified atom stereocenters. The van der Waals surface area contributed by atoms with Crippen molar-refractivity contribution >= 4 is 6.03 Å². The first-order chi connectivity index (χ1) is 10.2. The summed E-state index contributed by atoms with van der Waals surface area (Å²) < 4.78 is 18.3. The van der Waals surface area contributed by atoms with E-state index in [-0.39, 0.29) is 12.6 Å². The van der Waals surface area contributed by atoms with Crippen LogP contribution in [0.1, 0.15) is 11.3 Å². The second-order valence-electron chi connectivity index (χ2n) is 4.36. The zero-order valence-corrected chi connectivity index (χ0v) is 11.6. The van der Waals surface area contributed by atoms with Gasteiger partial charge in [-0.05, 0) is 29.8 Å². The maximum atomic E-state index is 13.3. The fourth-order valence-electron chi connectivity index (χ4n) is 1.76. The van der Waals surface area contributed by atoms with Crippen molar-refractivity contribution < 1.29 is 13.9 Å². The molecule has 0 aliphatic carbocycles. The molecule has 0 saturated heterocycles. The minimum absolute atomic E-state index is 0.210. The number of rotatable bonds is 5. The number of hydrogen-bond acceptors (Lipinski definition) is 3. The molecule has 0 spiro atoms. The van der Waals surface area contributed by atoms with Gasteiger partial charge in [0.2, 0.25) is 0 Å². The summed E-state index contributed by atoms with van der Waals surface area (Å²) >= 11 is 0. The van der Waals surface area contributed by atoms with Gasteiger partial charge in [-0.25, -0.2) is 9.18 Å². The summed E-state index contributed by atoms with van der Waals surface area (Å²) in [6.07, 6.45) is 1.66. The van der Waals surface area contributed by atoms with Crippen molar-refractivity contribution in [2.24, 2.45) is 0 Å². The van der Waals surface area contributed by atoms with Gasteiger partial charge in [-0.3, -0.25) is 4.98 Å². The van der Waals surface area contributed by atoms with Crippen molar-refractivity contribution in [3.8, 4) is 5.75 Å². The van der Waals surface area contributed by atoms with Crippen molar-refractivity contribution in [2.75, 3.05) is 7.11 Å². The van der Waals surface area contributed by atoms with Gasteiger partial charge in [-0.1, -0.05) is 6.07 Å². The fourth-order valence-corrected chi connectivity index (χ4v) is 1.76. The van der Waals surface area contributed by atoms with Gasteiger partial charge in [0.1, 0.15) is 11.6 Å². The van der Waals surface area contributed by atoms with Gasteiger partial charge in [0.05, 0.1) is 19.3 Å². The number of urea groups is 1. The summed E-state index contributed by atoms with van der Waals surface area (Å²) in [5.74, 6) is 0.0146. The van der Waals surface area contributed by atoms with E-state index >= 15 is 0 Å². The molecule has 1 aromatic carbocycles. The second kappa shape index (κ2) is 7.23. The first-order valence-electron chi connectivity index (χ1n) is 6.42.